The van der Waals surface area contributed by atoms with Crippen LogP contribution in [0.25, 0.3) is 0 Å². The first-order chi connectivity index (χ1) is 8.29. The molecule has 0 radical (unpaired) electrons. The molecule has 0 amide bonds. The molecule has 0 fully saturated rings. The van der Waals surface area contributed by atoms with Gasteiger partial charge in [0.15, 0.2) is 0 Å². The number of nitrogens with one attached hydrogen (secondary N) is 1. The third-order valence-electron chi connectivity index (χ3n) is 2.29. The summed E-state index contributed by atoms with van der Waals surface area (Å²) in [4.78, 5) is 5.47. The molecule has 0 bridgehead atoms. The molecule has 2 aromatic rings. The minimum atomic E-state index is 0.687. The average Bonchev–Trinajstić information content (AvgIpc) is 2.76. The summed E-state index contributed by atoms with van der Waals surface area (Å²) in [6.45, 7) is 1.61. The topological polar surface area (TPSA) is 34.1 Å². The maximum absolute atomic E-state index is 5.20. The van der Waals surface area contributed by atoms with E-state index in [0.717, 1.165) is 22.4 Å². The third kappa shape index (κ3) is 3.52. The number of hydrogen-bond donors (Lipinski definition) is 1. The van der Waals surface area contributed by atoms with Crippen molar-refractivity contribution in [3.8, 4) is 5.88 Å². The standard InChI is InChI=1S/C12H13BrN2OS/c1-16-12-9(3-2-6-15-12)7-14-8-10-4-5-11(13)17-10/h2-6,14H,7-8H2,1H3. The van der Waals surface area contributed by atoms with Crippen LogP contribution >= 0.6 is 27.3 Å². The van der Waals surface area contributed by atoms with Gasteiger partial charge in [0.2, 0.25) is 5.88 Å². The van der Waals surface area contributed by atoms with E-state index in [-0.39, 0.29) is 0 Å². The summed E-state index contributed by atoms with van der Waals surface area (Å²) in [5.41, 5.74) is 1.07. The second-order valence-electron chi connectivity index (χ2n) is 3.48. The Bertz CT molecular complexity index is 487. The van der Waals surface area contributed by atoms with Crippen LogP contribution in [0.15, 0.2) is 34.2 Å². The van der Waals surface area contributed by atoms with Crippen molar-refractivity contribution in [3.63, 3.8) is 0 Å². The molecule has 2 heterocycles. The largest absolute Gasteiger partial charge is 0.481 e. The summed E-state index contributed by atoms with van der Waals surface area (Å²) >= 11 is 5.19. The van der Waals surface area contributed by atoms with Gasteiger partial charge in [0.05, 0.1) is 10.9 Å². The molecule has 0 atom stereocenters. The minimum absolute atomic E-state index is 0.687. The predicted octanol–water partition coefficient (Wildman–Crippen LogP) is 3.20. The monoisotopic (exact) mass is 312 g/mol. The van der Waals surface area contributed by atoms with Crippen LogP contribution < -0.4 is 10.1 Å². The van der Waals surface area contributed by atoms with Crippen LogP contribution in [-0.2, 0) is 13.1 Å². The summed E-state index contributed by atoms with van der Waals surface area (Å²) in [5.74, 6) is 0.687. The highest BCUT2D eigenvalue weighted by atomic mass is 79.9. The number of hydrogen-bond acceptors (Lipinski definition) is 4. The van der Waals surface area contributed by atoms with E-state index in [4.69, 9.17) is 4.74 Å². The second-order valence-corrected chi connectivity index (χ2v) is 6.03. The van der Waals surface area contributed by atoms with E-state index >= 15 is 0 Å². The lowest BCUT2D eigenvalue weighted by Gasteiger charge is -2.07. The van der Waals surface area contributed by atoms with Gasteiger partial charge in [-0.3, -0.25) is 0 Å². The van der Waals surface area contributed by atoms with Gasteiger partial charge in [-0.15, -0.1) is 11.3 Å². The van der Waals surface area contributed by atoms with Gasteiger partial charge in [0.1, 0.15) is 0 Å². The Hall–Kier alpha value is -0.910. The number of ether oxygens (including phenoxy) is 1. The average molecular weight is 313 g/mol. The Morgan fingerprint density at radius 3 is 2.94 bits per heavy atom. The Labute approximate surface area is 113 Å². The maximum Gasteiger partial charge on any atom is 0.217 e. The lowest BCUT2D eigenvalue weighted by Crippen LogP contribution is -2.12. The van der Waals surface area contributed by atoms with Gasteiger partial charge in [-0.2, -0.15) is 0 Å². The molecule has 0 spiro atoms. The van der Waals surface area contributed by atoms with Crippen LogP contribution in [0.5, 0.6) is 5.88 Å². The number of halogens is 1. The lowest BCUT2D eigenvalue weighted by molar-refractivity contribution is 0.390. The van der Waals surface area contributed by atoms with E-state index in [1.54, 1.807) is 24.6 Å². The molecule has 1 N–H and O–H groups in total. The molecule has 2 rings (SSSR count). The van der Waals surface area contributed by atoms with E-state index in [2.05, 4.69) is 38.4 Å². The zero-order valence-electron chi connectivity index (χ0n) is 9.44. The summed E-state index contributed by atoms with van der Waals surface area (Å²) in [6.07, 6.45) is 1.73. The molecule has 0 aliphatic heterocycles. The van der Waals surface area contributed by atoms with Crippen molar-refractivity contribution in [2.75, 3.05) is 7.11 Å². The molecule has 2 aromatic heterocycles. The Morgan fingerprint density at radius 2 is 2.24 bits per heavy atom. The van der Waals surface area contributed by atoms with Gasteiger partial charge in [-0.05, 0) is 34.1 Å². The fourth-order valence-electron chi connectivity index (χ4n) is 1.51. The Balaban J connectivity index is 1.89. The molecule has 3 nitrogen and oxygen atoms in total. The molecule has 0 aliphatic rings. The SMILES string of the molecule is COc1ncccc1CNCc1ccc(Br)s1. The number of pyridine rings is 1. The molecule has 0 aliphatic carbocycles. The summed E-state index contributed by atoms with van der Waals surface area (Å²) < 4.78 is 6.36. The third-order valence-corrected chi connectivity index (χ3v) is 3.91. The smallest absolute Gasteiger partial charge is 0.217 e. The molecular formula is C12H13BrN2OS. The van der Waals surface area contributed by atoms with Gasteiger partial charge >= 0.3 is 0 Å². The minimum Gasteiger partial charge on any atom is -0.481 e. The highest BCUT2D eigenvalue weighted by Gasteiger charge is 2.03. The van der Waals surface area contributed by atoms with Crippen LogP contribution in [0, 0.1) is 0 Å². The van der Waals surface area contributed by atoms with E-state index in [0.29, 0.717) is 5.88 Å². The van der Waals surface area contributed by atoms with E-state index in [9.17, 15) is 0 Å². The number of methoxy groups -OCH3 is 1. The van der Waals surface area contributed by atoms with Crippen molar-refractivity contribution in [2.24, 2.45) is 0 Å². The first kappa shape index (κ1) is 12.5. The number of nitrogens with zero attached hydrogens (tertiary/aromatic N) is 1. The van der Waals surface area contributed by atoms with Crippen LogP contribution in [0.4, 0.5) is 0 Å². The Morgan fingerprint density at radius 1 is 1.35 bits per heavy atom. The lowest BCUT2D eigenvalue weighted by atomic mass is 10.2. The predicted molar refractivity (Wildman–Crippen MR) is 73.4 cm³/mol. The fraction of sp³-hybridized carbons (Fsp3) is 0.250. The van der Waals surface area contributed by atoms with Crippen LogP contribution in [0.3, 0.4) is 0 Å². The summed E-state index contributed by atoms with van der Waals surface area (Å²) in [5, 5.41) is 3.38. The zero-order chi connectivity index (χ0) is 12.1. The zero-order valence-corrected chi connectivity index (χ0v) is 11.8. The number of rotatable bonds is 5. The van der Waals surface area contributed by atoms with Crippen molar-refractivity contribution in [1.29, 1.82) is 0 Å². The van der Waals surface area contributed by atoms with Crippen molar-refractivity contribution < 1.29 is 4.74 Å². The van der Waals surface area contributed by atoms with Gasteiger partial charge in [0.25, 0.3) is 0 Å². The van der Waals surface area contributed by atoms with E-state index in [1.165, 1.54) is 4.88 Å². The normalized spacial score (nSPS) is 10.5. The molecule has 0 saturated heterocycles. The number of thiophene rings is 1. The van der Waals surface area contributed by atoms with E-state index < -0.39 is 0 Å². The van der Waals surface area contributed by atoms with Gasteiger partial charge in [-0.25, -0.2) is 4.98 Å². The molecule has 5 heteroatoms. The van der Waals surface area contributed by atoms with Crippen molar-refractivity contribution in [1.82, 2.24) is 10.3 Å². The maximum atomic E-state index is 5.20. The molecule has 0 aromatic carbocycles. The van der Waals surface area contributed by atoms with Crippen LogP contribution in [0.1, 0.15) is 10.4 Å². The highest BCUT2D eigenvalue weighted by Crippen LogP contribution is 2.22. The van der Waals surface area contributed by atoms with Gasteiger partial charge in [0, 0.05) is 29.7 Å². The molecule has 0 saturated carbocycles. The number of aromatic nitrogens is 1. The highest BCUT2D eigenvalue weighted by molar-refractivity contribution is 9.11. The summed E-state index contributed by atoms with van der Waals surface area (Å²) in [6, 6.07) is 8.11. The van der Waals surface area contributed by atoms with Gasteiger partial charge < -0.3 is 10.1 Å². The molecule has 17 heavy (non-hydrogen) atoms. The van der Waals surface area contributed by atoms with Crippen molar-refractivity contribution >= 4 is 27.3 Å². The molecule has 0 unspecified atom stereocenters. The first-order valence-corrected chi connectivity index (χ1v) is 6.83. The van der Waals surface area contributed by atoms with Crippen LogP contribution in [-0.4, -0.2) is 12.1 Å². The van der Waals surface area contributed by atoms with Crippen molar-refractivity contribution in [3.05, 3.63) is 44.7 Å². The fourth-order valence-corrected chi connectivity index (χ4v) is 2.96. The van der Waals surface area contributed by atoms with Crippen molar-refractivity contribution in [2.45, 2.75) is 13.1 Å². The van der Waals surface area contributed by atoms with Crippen LogP contribution in [0.2, 0.25) is 0 Å². The molecular weight excluding hydrogens is 300 g/mol. The molecule has 90 valence electrons. The van der Waals surface area contributed by atoms with E-state index in [1.807, 2.05) is 12.1 Å². The quantitative estimate of drug-likeness (QED) is 0.920. The Kier molecular flexibility index (Phi) is 4.53. The summed E-state index contributed by atoms with van der Waals surface area (Å²) in [7, 11) is 1.64. The first-order valence-electron chi connectivity index (χ1n) is 5.22. The second kappa shape index (κ2) is 6.14. The van der Waals surface area contributed by atoms with Gasteiger partial charge in [-0.1, -0.05) is 6.07 Å².